The lowest BCUT2D eigenvalue weighted by atomic mass is 9.75. The number of aryl methyl sites for hydroxylation is 1. The van der Waals surface area contributed by atoms with Gasteiger partial charge < -0.3 is 15.5 Å². The van der Waals surface area contributed by atoms with E-state index in [0.717, 1.165) is 50.9 Å². The highest BCUT2D eigenvalue weighted by molar-refractivity contribution is 5.75. The number of rotatable bonds is 4. The van der Waals surface area contributed by atoms with Crippen molar-refractivity contribution in [2.24, 2.45) is 7.05 Å². The van der Waals surface area contributed by atoms with E-state index in [4.69, 9.17) is 0 Å². The van der Waals surface area contributed by atoms with Crippen molar-refractivity contribution in [3.05, 3.63) is 12.4 Å². The van der Waals surface area contributed by atoms with Gasteiger partial charge in [-0.1, -0.05) is 6.92 Å². The van der Waals surface area contributed by atoms with Crippen LogP contribution < -0.4 is 15.5 Å². The second-order valence-corrected chi connectivity index (χ2v) is 6.74. The summed E-state index contributed by atoms with van der Waals surface area (Å²) in [5.74, 6) is 0. The average Bonchev–Trinajstić information content (AvgIpc) is 2.90. The van der Waals surface area contributed by atoms with Crippen LogP contribution in [0.25, 0.3) is 0 Å². The molecule has 0 aromatic carbocycles. The van der Waals surface area contributed by atoms with Crippen molar-refractivity contribution in [2.45, 2.75) is 57.0 Å². The number of aromatic nitrogens is 2. The molecule has 0 radical (unpaired) electrons. The Morgan fingerprint density at radius 1 is 1.45 bits per heavy atom. The molecule has 2 heterocycles. The minimum atomic E-state index is -0.000383. The number of carbonyl (C=O) groups excluding carboxylic acids is 1. The summed E-state index contributed by atoms with van der Waals surface area (Å²) >= 11 is 0. The van der Waals surface area contributed by atoms with Gasteiger partial charge in [0.05, 0.1) is 11.9 Å². The summed E-state index contributed by atoms with van der Waals surface area (Å²) in [5.41, 5.74) is 1.19. The maximum Gasteiger partial charge on any atom is 0.315 e. The Hall–Kier alpha value is -1.72. The lowest BCUT2D eigenvalue weighted by Gasteiger charge is -2.42. The van der Waals surface area contributed by atoms with E-state index in [1.165, 1.54) is 6.42 Å². The fraction of sp³-hybridized carbons (Fsp3) is 0.750. The first-order chi connectivity index (χ1) is 10.6. The molecule has 1 saturated carbocycles. The molecule has 1 atom stereocenters. The molecule has 22 heavy (non-hydrogen) atoms. The second-order valence-electron chi connectivity index (χ2n) is 6.74. The summed E-state index contributed by atoms with van der Waals surface area (Å²) in [6.07, 6.45) is 10.5. The predicted molar refractivity (Wildman–Crippen MR) is 87.0 cm³/mol. The van der Waals surface area contributed by atoms with Crippen molar-refractivity contribution in [3.8, 4) is 0 Å². The Kier molecular flexibility index (Phi) is 4.27. The van der Waals surface area contributed by atoms with Crippen LogP contribution in [0.5, 0.6) is 0 Å². The van der Waals surface area contributed by atoms with Gasteiger partial charge in [-0.3, -0.25) is 4.68 Å². The topological polar surface area (TPSA) is 62.2 Å². The first kappa shape index (κ1) is 15.2. The first-order valence-electron chi connectivity index (χ1n) is 8.42. The van der Waals surface area contributed by atoms with Crippen LogP contribution in [0.1, 0.15) is 45.4 Å². The quantitative estimate of drug-likeness (QED) is 0.894. The van der Waals surface area contributed by atoms with Crippen molar-refractivity contribution in [1.82, 2.24) is 20.4 Å². The Bertz CT molecular complexity index is 517. The number of hydrogen-bond acceptors (Lipinski definition) is 3. The Morgan fingerprint density at radius 3 is 2.86 bits per heavy atom. The van der Waals surface area contributed by atoms with E-state index in [-0.39, 0.29) is 17.6 Å². The van der Waals surface area contributed by atoms with Crippen LogP contribution >= 0.6 is 0 Å². The third kappa shape index (κ3) is 3.20. The monoisotopic (exact) mass is 305 g/mol. The van der Waals surface area contributed by atoms with Crippen LogP contribution in [0.4, 0.5) is 10.5 Å². The molecule has 2 N–H and O–H groups in total. The van der Waals surface area contributed by atoms with E-state index < -0.39 is 0 Å². The van der Waals surface area contributed by atoms with Gasteiger partial charge >= 0.3 is 6.03 Å². The van der Waals surface area contributed by atoms with E-state index in [2.05, 4.69) is 27.6 Å². The molecule has 2 amide bonds. The van der Waals surface area contributed by atoms with Gasteiger partial charge in [0.15, 0.2) is 0 Å². The van der Waals surface area contributed by atoms with Crippen LogP contribution in [0.3, 0.4) is 0 Å². The molecular weight excluding hydrogens is 278 g/mol. The van der Waals surface area contributed by atoms with Crippen molar-refractivity contribution in [3.63, 3.8) is 0 Å². The zero-order valence-electron chi connectivity index (χ0n) is 13.6. The number of hydrogen-bond donors (Lipinski definition) is 2. The van der Waals surface area contributed by atoms with E-state index in [1.54, 1.807) is 0 Å². The molecule has 1 saturated heterocycles. The summed E-state index contributed by atoms with van der Waals surface area (Å²) in [7, 11) is 1.93. The van der Waals surface area contributed by atoms with Crippen LogP contribution in [0.15, 0.2) is 12.4 Å². The number of anilines is 1. The standard InChI is InChI=1S/C16H27N5O/c1-3-16(7-5-8-16)19-15(22)18-13-6-4-9-21(11-13)14-10-17-20(2)12-14/h10,12-13H,3-9,11H2,1-2H3,(H2,18,19,22)/t13-/m0/s1. The lowest BCUT2D eigenvalue weighted by Crippen LogP contribution is -2.59. The highest BCUT2D eigenvalue weighted by Gasteiger charge is 2.36. The molecular formula is C16H27N5O. The van der Waals surface area contributed by atoms with Crippen molar-refractivity contribution in [1.29, 1.82) is 0 Å². The lowest BCUT2D eigenvalue weighted by molar-refractivity contribution is 0.169. The van der Waals surface area contributed by atoms with E-state index in [0.29, 0.717) is 0 Å². The number of nitrogens with one attached hydrogen (secondary N) is 2. The van der Waals surface area contributed by atoms with Gasteiger partial charge in [0.25, 0.3) is 0 Å². The highest BCUT2D eigenvalue weighted by Crippen LogP contribution is 2.34. The molecule has 0 spiro atoms. The van der Waals surface area contributed by atoms with Crippen molar-refractivity contribution >= 4 is 11.7 Å². The summed E-state index contributed by atoms with van der Waals surface area (Å²) in [5, 5.41) is 10.6. The zero-order chi connectivity index (χ0) is 15.6. The van der Waals surface area contributed by atoms with Crippen LogP contribution in [-0.2, 0) is 7.05 Å². The maximum atomic E-state index is 12.3. The molecule has 1 aromatic rings. The van der Waals surface area contributed by atoms with Gasteiger partial charge in [-0.05, 0) is 38.5 Å². The molecule has 0 bridgehead atoms. The normalized spacial score (nSPS) is 23.7. The van der Waals surface area contributed by atoms with Gasteiger partial charge in [-0.25, -0.2) is 4.79 Å². The molecule has 1 aliphatic carbocycles. The molecule has 0 unspecified atom stereocenters. The molecule has 1 aliphatic heterocycles. The zero-order valence-corrected chi connectivity index (χ0v) is 13.6. The summed E-state index contributed by atoms with van der Waals surface area (Å²) in [6, 6.07) is 0.211. The maximum absolute atomic E-state index is 12.3. The van der Waals surface area contributed by atoms with Gasteiger partial charge in [0.2, 0.25) is 0 Å². The summed E-state index contributed by atoms with van der Waals surface area (Å²) < 4.78 is 1.82. The SMILES string of the molecule is CCC1(NC(=O)N[C@H]2CCCN(c3cnn(C)c3)C2)CCC1. The summed E-state index contributed by atoms with van der Waals surface area (Å²) in [6.45, 7) is 4.05. The fourth-order valence-electron chi connectivity index (χ4n) is 3.53. The van der Waals surface area contributed by atoms with Crippen molar-refractivity contribution < 1.29 is 4.79 Å². The Balaban J connectivity index is 1.53. The van der Waals surface area contributed by atoms with Crippen molar-refractivity contribution in [2.75, 3.05) is 18.0 Å². The smallest absolute Gasteiger partial charge is 0.315 e. The van der Waals surface area contributed by atoms with E-state index >= 15 is 0 Å². The first-order valence-corrected chi connectivity index (χ1v) is 8.42. The predicted octanol–water partition coefficient (Wildman–Crippen LogP) is 2.02. The van der Waals surface area contributed by atoms with E-state index in [1.807, 2.05) is 24.1 Å². The fourth-order valence-corrected chi connectivity index (χ4v) is 3.53. The van der Waals surface area contributed by atoms with Crippen LogP contribution in [-0.4, -0.2) is 40.5 Å². The van der Waals surface area contributed by atoms with Gasteiger partial charge in [-0.2, -0.15) is 5.10 Å². The third-order valence-electron chi connectivity index (χ3n) is 5.18. The molecule has 6 heteroatoms. The molecule has 2 fully saturated rings. The molecule has 1 aromatic heterocycles. The number of urea groups is 1. The number of nitrogens with zero attached hydrogens (tertiary/aromatic N) is 3. The van der Waals surface area contributed by atoms with Gasteiger partial charge in [0.1, 0.15) is 0 Å². The largest absolute Gasteiger partial charge is 0.367 e. The third-order valence-corrected chi connectivity index (χ3v) is 5.18. The van der Waals surface area contributed by atoms with Gasteiger partial charge in [-0.15, -0.1) is 0 Å². The highest BCUT2D eigenvalue weighted by atomic mass is 16.2. The average molecular weight is 305 g/mol. The minimum Gasteiger partial charge on any atom is -0.367 e. The summed E-state index contributed by atoms with van der Waals surface area (Å²) in [4.78, 5) is 14.6. The second kappa shape index (κ2) is 6.18. The molecule has 6 nitrogen and oxygen atoms in total. The Labute approximate surface area is 132 Å². The molecule has 122 valence electrons. The number of carbonyl (C=O) groups is 1. The van der Waals surface area contributed by atoms with Crippen LogP contribution in [0, 0.1) is 0 Å². The molecule has 2 aliphatic rings. The molecule has 3 rings (SSSR count). The number of piperidine rings is 1. The Morgan fingerprint density at radius 2 is 2.27 bits per heavy atom. The number of amides is 2. The van der Waals surface area contributed by atoms with Gasteiger partial charge in [0, 0.05) is 37.9 Å². The van der Waals surface area contributed by atoms with Crippen LogP contribution in [0.2, 0.25) is 0 Å². The minimum absolute atomic E-state index is 0.000383. The van der Waals surface area contributed by atoms with E-state index in [9.17, 15) is 4.79 Å².